The number of anilines is 1. The Kier molecular flexibility index (Phi) is 3.82. The van der Waals surface area contributed by atoms with Crippen LogP contribution in [0.15, 0.2) is 18.2 Å². The minimum Gasteiger partial charge on any atom is -0.381 e. The van der Waals surface area contributed by atoms with E-state index < -0.39 is 18.0 Å². The number of carbonyl (C=O) groups excluding carboxylic acids is 2. The molecule has 1 aromatic carbocycles. The number of aliphatic hydroxyl groups is 1. The summed E-state index contributed by atoms with van der Waals surface area (Å²) >= 11 is 0. The highest BCUT2D eigenvalue weighted by atomic mass is 16.3. The maximum absolute atomic E-state index is 11.5. The van der Waals surface area contributed by atoms with Crippen molar-refractivity contribution in [2.24, 2.45) is 11.5 Å². The van der Waals surface area contributed by atoms with Gasteiger partial charge in [-0.1, -0.05) is 17.9 Å². The van der Waals surface area contributed by atoms with Crippen molar-refractivity contribution in [3.63, 3.8) is 0 Å². The van der Waals surface area contributed by atoms with Gasteiger partial charge in [0.25, 0.3) is 5.91 Å². The van der Waals surface area contributed by atoms with E-state index in [1.165, 1.54) is 0 Å². The molecule has 7 heteroatoms. The monoisotopic (exact) mass is 286 g/mol. The van der Waals surface area contributed by atoms with Gasteiger partial charge in [-0.2, -0.15) is 0 Å². The zero-order valence-corrected chi connectivity index (χ0v) is 11.2. The van der Waals surface area contributed by atoms with Crippen LogP contribution < -0.4 is 16.8 Å². The Labute approximate surface area is 120 Å². The van der Waals surface area contributed by atoms with Gasteiger partial charge in [0.05, 0.1) is 5.56 Å². The summed E-state index contributed by atoms with van der Waals surface area (Å²) in [6, 6.07) is 4.22. The summed E-state index contributed by atoms with van der Waals surface area (Å²) in [5.74, 6) is 4.86. The van der Waals surface area contributed by atoms with E-state index in [4.69, 9.17) is 16.6 Å². The highest BCUT2D eigenvalue weighted by Crippen LogP contribution is 2.26. The van der Waals surface area contributed by atoms with Crippen LogP contribution in [-0.4, -0.2) is 28.1 Å². The summed E-state index contributed by atoms with van der Waals surface area (Å²) in [6.07, 6.45) is -0.738. The van der Waals surface area contributed by atoms with Crippen molar-refractivity contribution in [1.29, 1.82) is 0 Å². The average Bonchev–Trinajstić information content (AvgIpc) is 2.72. The largest absolute Gasteiger partial charge is 0.381 e. The maximum atomic E-state index is 11.5. The van der Waals surface area contributed by atoms with Crippen molar-refractivity contribution in [3.8, 4) is 11.8 Å². The molecule has 7 nitrogen and oxygen atoms in total. The molecule has 3 amide bonds. The number of aromatic amines is 1. The van der Waals surface area contributed by atoms with Gasteiger partial charge in [0.2, 0.25) is 0 Å². The molecule has 0 spiro atoms. The number of hydrogen-bond acceptors (Lipinski definition) is 3. The topological polar surface area (TPSA) is 134 Å². The second-order valence-corrected chi connectivity index (χ2v) is 4.43. The molecule has 0 aliphatic rings. The fourth-order valence-electron chi connectivity index (χ4n) is 1.94. The first-order chi connectivity index (χ1) is 9.88. The SMILES string of the molecule is CC(O)C#Cc1ccc2c(C(N)=O)c(NC(N)=O)[nH]c2c1. The Hall–Kier alpha value is -2.98. The second kappa shape index (κ2) is 5.56. The quantitative estimate of drug-likeness (QED) is 0.514. The van der Waals surface area contributed by atoms with E-state index in [1.807, 2.05) is 0 Å². The van der Waals surface area contributed by atoms with E-state index >= 15 is 0 Å². The van der Waals surface area contributed by atoms with Gasteiger partial charge in [0.1, 0.15) is 11.9 Å². The maximum Gasteiger partial charge on any atom is 0.317 e. The minimum atomic E-state index is -0.807. The van der Waals surface area contributed by atoms with Crippen LogP contribution in [0.3, 0.4) is 0 Å². The van der Waals surface area contributed by atoms with Crippen LogP contribution in [0.4, 0.5) is 10.6 Å². The highest BCUT2D eigenvalue weighted by molar-refractivity contribution is 6.13. The van der Waals surface area contributed by atoms with E-state index in [0.29, 0.717) is 16.5 Å². The Bertz CT molecular complexity index is 781. The predicted molar refractivity (Wildman–Crippen MR) is 78.6 cm³/mol. The zero-order chi connectivity index (χ0) is 15.6. The van der Waals surface area contributed by atoms with Crippen molar-refractivity contribution < 1.29 is 14.7 Å². The van der Waals surface area contributed by atoms with Gasteiger partial charge in [-0.25, -0.2) is 4.79 Å². The molecule has 0 aliphatic carbocycles. The van der Waals surface area contributed by atoms with Gasteiger partial charge in [-0.3, -0.25) is 10.1 Å². The molecule has 1 unspecified atom stereocenters. The van der Waals surface area contributed by atoms with Crippen molar-refractivity contribution >= 4 is 28.7 Å². The number of rotatable bonds is 2. The summed E-state index contributed by atoms with van der Waals surface area (Å²) in [6.45, 7) is 1.56. The number of aromatic nitrogens is 1. The number of primary amides is 2. The number of aliphatic hydroxyl groups excluding tert-OH is 1. The number of nitrogens with two attached hydrogens (primary N) is 2. The first-order valence-corrected chi connectivity index (χ1v) is 6.10. The third-order valence-electron chi connectivity index (χ3n) is 2.72. The number of benzene rings is 1. The van der Waals surface area contributed by atoms with Crippen LogP contribution in [0, 0.1) is 11.8 Å². The van der Waals surface area contributed by atoms with Gasteiger partial charge in [-0.15, -0.1) is 0 Å². The predicted octanol–water partition coefficient (Wildman–Crippen LogP) is 0.490. The molecule has 2 rings (SSSR count). The van der Waals surface area contributed by atoms with Crippen LogP contribution in [0.1, 0.15) is 22.8 Å². The molecular formula is C14H14N4O3. The third kappa shape index (κ3) is 3.13. The van der Waals surface area contributed by atoms with Crippen LogP contribution in [0.2, 0.25) is 0 Å². The van der Waals surface area contributed by atoms with Gasteiger partial charge < -0.3 is 21.6 Å². The van der Waals surface area contributed by atoms with Gasteiger partial charge >= 0.3 is 6.03 Å². The lowest BCUT2D eigenvalue weighted by Gasteiger charge is -2.00. The van der Waals surface area contributed by atoms with Crippen molar-refractivity contribution in [1.82, 2.24) is 4.98 Å². The molecule has 0 saturated heterocycles. The summed E-state index contributed by atoms with van der Waals surface area (Å²) in [7, 11) is 0. The summed E-state index contributed by atoms with van der Waals surface area (Å²) < 4.78 is 0. The lowest BCUT2D eigenvalue weighted by molar-refractivity contribution is 0.100. The molecule has 0 fully saturated rings. The Morgan fingerprint density at radius 3 is 2.67 bits per heavy atom. The lowest BCUT2D eigenvalue weighted by Crippen LogP contribution is -2.22. The summed E-state index contributed by atoms with van der Waals surface area (Å²) in [4.78, 5) is 25.3. The van der Waals surface area contributed by atoms with Crippen molar-refractivity contribution in [3.05, 3.63) is 29.3 Å². The van der Waals surface area contributed by atoms with Crippen LogP contribution in [-0.2, 0) is 0 Å². The number of amides is 3. The minimum absolute atomic E-state index is 0.144. The fourth-order valence-corrected chi connectivity index (χ4v) is 1.94. The first kappa shape index (κ1) is 14.4. The molecule has 0 radical (unpaired) electrons. The van der Waals surface area contributed by atoms with E-state index in [2.05, 4.69) is 22.1 Å². The van der Waals surface area contributed by atoms with Crippen LogP contribution >= 0.6 is 0 Å². The number of urea groups is 1. The van der Waals surface area contributed by atoms with E-state index in [9.17, 15) is 9.59 Å². The van der Waals surface area contributed by atoms with E-state index in [1.54, 1.807) is 25.1 Å². The molecule has 108 valence electrons. The van der Waals surface area contributed by atoms with E-state index in [-0.39, 0.29) is 11.4 Å². The molecule has 0 aliphatic heterocycles. The van der Waals surface area contributed by atoms with Crippen molar-refractivity contribution in [2.75, 3.05) is 5.32 Å². The van der Waals surface area contributed by atoms with Crippen LogP contribution in [0.5, 0.6) is 0 Å². The molecule has 1 aromatic heterocycles. The lowest BCUT2D eigenvalue weighted by atomic mass is 10.1. The number of nitrogens with one attached hydrogen (secondary N) is 2. The average molecular weight is 286 g/mol. The smallest absolute Gasteiger partial charge is 0.317 e. The highest BCUT2D eigenvalue weighted by Gasteiger charge is 2.17. The summed E-state index contributed by atoms with van der Waals surface area (Å²) in [5.41, 5.74) is 11.7. The number of fused-ring (bicyclic) bond motifs is 1. The Morgan fingerprint density at radius 2 is 2.10 bits per heavy atom. The third-order valence-corrected chi connectivity index (χ3v) is 2.72. The molecule has 7 N–H and O–H groups in total. The van der Waals surface area contributed by atoms with Gasteiger partial charge in [0, 0.05) is 16.5 Å². The molecule has 1 atom stereocenters. The molecule has 0 bridgehead atoms. The van der Waals surface area contributed by atoms with Crippen molar-refractivity contribution in [2.45, 2.75) is 13.0 Å². The Balaban J connectivity index is 2.57. The second-order valence-electron chi connectivity index (χ2n) is 4.43. The fraction of sp³-hybridized carbons (Fsp3) is 0.143. The van der Waals surface area contributed by atoms with E-state index in [0.717, 1.165) is 0 Å². The zero-order valence-electron chi connectivity index (χ0n) is 11.2. The molecule has 0 saturated carbocycles. The van der Waals surface area contributed by atoms with Gasteiger partial charge in [0.15, 0.2) is 0 Å². The molecule has 1 heterocycles. The summed E-state index contributed by atoms with van der Waals surface area (Å²) in [5, 5.41) is 12.0. The Morgan fingerprint density at radius 1 is 1.38 bits per heavy atom. The molecular weight excluding hydrogens is 272 g/mol. The number of carbonyl (C=O) groups is 2. The number of H-pyrrole nitrogens is 1. The normalized spacial score (nSPS) is 11.5. The van der Waals surface area contributed by atoms with Crippen LogP contribution in [0.25, 0.3) is 10.9 Å². The van der Waals surface area contributed by atoms with Gasteiger partial charge in [-0.05, 0) is 19.1 Å². The first-order valence-electron chi connectivity index (χ1n) is 6.10. The number of hydrogen-bond donors (Lipinski definition) is 5. The molecule has 2 aromatic rings. The molecule has 21 heavy (non-hydrogen) atoms. The standard InChI is InChI=1S/C14H14N4O3/c1-7(19)2-3-8-4-5-9-10(6-8)17-13(18-14(16)21)11(9)12(15)20/h4-7,17,19H,1H3,(H2,15,20)(H3,16,18,21).